The minimum Gasteiger partial charge on any atom is -0.319 e. The number of hydrogen-bond donors (Lipinski definition) is 1. The Labute approximate surface area is 96.1 Å². The second-order valence-corrected chi connectivity index (χ2v) is 5.31. The lowest BCUT2D eigenvalue weighted by atomic mass is 9.74. The quantitative estimate of drug-likeness (QED) is 0.806. The van der Waals surface area contributed by atoms with Crippen molar-refractivity contribution in [2.75, 3.05) is 13.6 Å². The normalized spacial score (nSPS) is 25.5. The van der Waals surface area contributed by atoms with Crippen LogP contribution in [0, 0.1) is 5.82 Å². The van der Waals surface area contributed by atoms with Crippen LogP contribution in [0.2, 0.25) is 0 Å². The third-order valence-electron chi connectivity index (χ3n) is 4.30. The van der Waals surface area contributed by atoms with E-state index in [4.69, 9.17) is 0 Å². The Morgan fingerprint density at radius 2 is 2.19 bits per heavy atom. The van der Waals surface area contributed by atoms with E-state index in [0.29, 0.717) is 11.3 Å². The summed E-state index contributed by atoms with van der Waals surface area (Å²) in [5.41, 5.74) is 3.06. The van der Waals surface area contributed by atoms with E-state index in [1.54, 1.807) is 12.1 Å². The zero-order valence-electron chi connectivity index (χ0n) is 9.72. The molecule has 0 aliphatic heterocycles. The molecule has 2 heteroatoms. The molecule has 1 aromatic rings. The Kier molecular flexibility index (Phi) is 2.28. The highest BCUT2D eigenvalue weighted by Crippen LogP contribution is 2.57. The predicted octanol–water partition coefficient (Wildman–Crippen LogP) is 2.95. The molecule has 0 bridgehead atoms. The van der Waals surface area contributed by atoms with E-state index in [1.165, 1.54) is 36.8 Å². The standard InChI is InChI=1S/C14H18FN/c1-16-9-10-4-5-14(6-7-14)13-8-11(15)2-3-12(10)13/h2-3,8,10,16H,4-7,9H2,1H3. The molecule has 1 saturated carbocycles. The number of benzene rings is 1. The molecule has 0 aromatic heterocycles. The molecule has 2 aliphatic rings. The predicted molar refractivity (Wildman–Crippen MR) is 63.2 cm³/mol. The summed E-state index contributed by atoms with van der Waals surface area (Å²) in [7, 11) is 1.99. The molecule has 1 fully saturated rings. The van der Waals surface area contributed by atoms with Crippen molar-refractivity contribution in [1.82, 2.24) is 5.32 Å². The number of halogens is 1. The highest BCUT2D eigenvalue weighted by Gasteiger charge is 2.48. The van der Waals surface area contributed by atoms with Crippen molar-refractivity contribution in [1.29, 1.82) is 0 Å². The summed E-state index contributed by atoms with van der Waals surface area (Å²) in [6, 6.07) is 5.40. The number of fused-ring (bicyclic) bond motifs is 2. The van der Waals surface area contributed by atoms with E-state index >= 15 is 0 Å². The molecule has 16 heavy (non-hydrogen) atoms. The van der Waals surface area contributed by atoms with E-state index in [1.807, 2.05) is 13.1 Å². The monoisotopic (exact) mass is 219 g/mol. The second kappa shape index (κ2) is 3.56. The average molecular weight is 219 g/mol. The average Bonchev–Trinajstić information content (AvgIpc) is 3.04. The smallest absolute Gasteiger partial charge is 0.123 e. The maximum atomic E-state index is 13.4. The van der Waals surface area contributed by atoms with Crippen LogP contribution in [-0.2, 0) is 5.41 Å². The molecule has 3 rings (SSSR count). The molecule has 1 N–H and O–H groups in total. The van der Waals surface area contributed by atoms with Gasteiger partial charge in [0.05, 0.1) is 0 Å². The molecule has 1 aromatic carbocycles. The summed E-state index contributed by atoms with van der Waals surface area (Å²) >= 11 is 0. The van der Waals surface area contributed by atoms with Gasteiger partial charge in [-0.15, -0.1) is 0 Å². The third kappa shape index (κ3) is 1.47. The van der Waals surface area contributed by atoms with Crippen molar-refractivity contribution >= 4 is 0 Å². The van der Waals surface area contributed by atoms with Gasteiger partial charge in [-0.05, 0) is 67.3 Å². The van der Waals surface area contributed by atoms with Crippen LogP contribution in [0.5, 0.6) is 0 Å². The molecule has 2 aliphatic carbocycles. The van der Waals surface area contributed by atoms with Crippen LogP contribution in [0.1, 0.15) is 42.7 Å². The Morgan fingerprint density at radius 3 is 2.88 bits per heavy atom. The Bertz CT molecular complexity index is 409. The first-order valence-electron chi connectivity index (χ1n) is 6.20. The van der Waals surface area contributed by atoms with Gasteiger partial charge in [-0.1, -0.05) is 6.07 Å². The summed E-state index contributed by atoms with van der Waals surface area (Å²) in [5, 5.41) is 3.25. The Balaban J connectivity index is 2.03. The molecule has 0 heterocycles. The summed E-state index contributed by atoms with van der Waals surface area (Å²) in [6.07, 6.45) is 5.01. The summed E-state index contributed by atoms with van der Waals surface area (Å²) in [6.45, 7) is 1.01. The lowest BCUT2D eigenvalue weighted by Crippen LogP contribution is -2.26. The van der Waals surface area contributed by atoms with Crippen molar-refractivity contribution in [3.8, 4) is 0 Å². The molecular weight excluding hydrogens is 201 g/mol. The van der Waals surface area contributed by atoms with Gasteiger partial charge in [-0.2, -0.15) is 0 Å². The zero-order valence-corrected chi connectivity index (χ0v) is 9.72. The van der Waals surface area contributed by atoms with Gasteiger partial charge in [0.1, 0.15) is 5.82 Å². The van der Waals surface area contributed by atoms with Crippen molar-refractivity contribution < 1.29 is 4.39 Å². The number of hydrogen-bond acceptors (Lipinski definition) is 1. The SMILES string of the molecule is CNCC1CCC2(CC2)c2cc(F)ccc21. The van der Waals surface area contributed by atoms with Crippen molar-refractivity contribution in [2.45, 2.75) is 37.0 Å². The van der Waals surface area contributed by atoms with Crippen LogP contribution in [-0.4, -0.2) is 13.6 Å². The van der Waals surface area contributed by atoms with Crippen LogP contribution < -0.4 is 5.32 Å². The summed E-state index contributed by atoms with van der Waals surface area (Å²) < 4.78 is 13.4. The van der Waals surface area contributed by atoms with E-state index in [-0.39, 0.29) is 5.82 Å². The second-order valence-electron chi connectivity index (χ2n) is 5.31. The Hall–Kier alpha value is -0.890. The lowest BCUT2D eigenvalue weighted by molar-refractivity contribution is 0.455. The first-order valence-corrected chi connectivity index (χ1v) is 6.20. The third-order valence-corrected chi connectivity index (χ3v) is 4.30. The van der Waals surface area contributed by atoms with Gasteiger partial charge in [0.2, 0.25) is 0 Å². The zero-order chi connectivity index (χ0) is 11.2. The fraction of sp³-hybridized carbons (Fsp3) is 0.571. The fourth-order valence-corrected chi connectivity index (χ4v) is 3.21. The maximum Gasteiger partial charge on any atom is 0.123 e. The number of rotatable bonds is 2. The fourth-order valence-electron chi connectivity index (χ4n) is 3.21. The summed E-state index contributed by atoms with van der Waals surface area (Å²) in [4.78, 5) is 0. The largest absolute Gasteiger partial charge is 0.319 e. The molecule has 0 amide bonds. The highest BCUT2D eigenvalue weighted by molar-refractivity contribution is 5.43. The van der Waals surface area contributed by atoms with Crippen LogP contribution in [0.3, 0.4) is 0 Å². The van der Waals surface area contributed by atoms with Crippen LogP contribution >= 0.6 is 0 Å². The highest BCUT2D eigenvalue weighted by atomic mass is 19.1. The summed E-state index contributed by atoms with van der Waals surface area (Å²) in [5.74, 6) is 0.502. The molecule has 1 spiro atoms. The van der Waals surface area contributed by atoms with Crippen LogP contribution in [0.4, 0.5) is 4.39 Å². The van der Waals surface area contributed by atoms with E-state index in [0.717, 1.165) is 6.54 Å². The van der Waals surface area contributed by atoms with Gasteiger partial charge < -0.3 is 5.32 Å². The van der Waals surface area contributed by atoms with E-state index in [9.17, 15) is 4.39 Å². The minimum absolute atomic E-state index is 0.0740. The number of likely N-dealkylation sites (N-methyl/N-ethyl adjacent to an activating group) is 1. The van der Waals surface area contributed by atoms with Crippen molar-refractivity contribution in [2.24, 2.45) is 0 Å². The van der Waals surface area contributed by atoms with Gasteiger partial charge in [0.15, 0.2) is 0 Å². The molecule has 1 atom stereocenters. The van der Waals surface area contributed by atoms with Gasteiger partial charge in [0, 0.05) is 6.54 Å². The molecule has 86 valence electrons. The first-order chi connectivity index (χ1) is 7.75. The lowest BCUT2D eigenvalue weighted by Gasteiger charge is -2.31. The Morgan fingerprint density at radius 1 is 1.38 bits per heavy atom. The minimum atomic E-state index is -0.0740. The number of nitrogens with one attached hydrogen (secondary N) is 1. The van der Waals surface area contributed by atoms with E-state index < -0.39 is 0 Å². The maximum absolute atomic E-state index is 13.4. The van der Waals surface area contributed by atoms with Gasteiger partial charge in [-0.3, -0.25) is 0 Å². The van der Waals surface area contributed by atoms with Crippen molar-refractivity contribution in [3.05, 3.63) is 35.1 Å². The van der Waals surface area contributed by atoms with E-state index in [2.05, 4.69) is 5.32 Å². The van der Waals surface area contributed by atoms with Gasteiger partial charge >= 0.3 is 0 Å². The molecule has 0 radical (unpaired) electrons. The molecule has 0 saturated heterocycles. The molecular formula is C14H18FN. The van der Waals surface area contributed by atoms with Gasteiger partial charge in [0.25, 0.3) is 0 Å². The first kappa shape index (κ1) is 10.3. The molecule has 1 nitrogen and oxygen atoms in total. The van der Waals surface area contributed by atoms with Crippen molar-refractivity contribution in [3.63, 3.8) is 0 Å². The van der Waals surface area contributed by atoms with Crippen LogP contribution in [0.25, 0.3) is 0 Å². The molecule has 1 unspecified atom stereocenters. The van der Waals surface area contributed by atoms with Crippen LogP contribution in [0.15, 0.2) is 18.2 Å². The van der Waals surface area contributed by atoms with Gasteiger partial charge in [-0.25, -0.2) is 4.39 Å². The topological polar surface area (TPSA) is 12.0 Å².